The molecule has 0 saturated heterocycles. The molecule has 0 aliphatic heterocycles. The Balaban J connectivity index is 2.02. The lowest BCUT2D eigenvalue weighted by Crippen LogP contribution is -2.11. The number of hydrogen-bond donors (Lipinski definition) is 1. The van der Waals surface area contributed by atoms with E-state index in [-0.39, 0.29) is 5.82 Å². The van der Waals surface area contributed by atoms with Crippen LogP contribution in [-0.4, -0.2) is 10.5 Å². The zero-order valence-corrected chi connectivity index (χ0v) is 13.7. The van der Waals surface area contributed by atoms with Gasteiger partial charge in [-0.1, -0.05) is 24.3 Å². The topological polar surface area (TPSA) is 71.8 Å². The van der Waals surface area contributed by atoms with Crippen LogP contribution < -0.4 is 5.73 Å². The molecule has 4 aromatic rings. The van der Waals surface area contributed by atoms with Gasteiger partial charge >= 0.3 is 0 Å². The van der Waals surface area contributed by atoms with E-state index in [1.54, 1.807) is 24.3 Å². The summed E-state index contributed by atoms with van der Waals surface area (Å²) >= 11 is 0. The number of fused-ring (bicyclic) bond motifs is 3. The third-order valence-electron chi connectivity index (χ3n) is 4.46. The van der Waals surface area contributed by atoms with Crippen LogP contribution in [0.15, 0.2) is 54.6 Å². The Hall–Kier alpha value is -3.65. The first-order valence-corrected chi connectivity index (χ1v) is 8.00. The van der Waals surface area contributed by atoms with Crippen LogP contribution in [-0.2, 0) is 6.54 Å². The van der Waals surface area contributed by atoms with Crippen LogP contribution in [0.5, 0.6) is 0 Å². The molecule has 4 rings (SSSR count). The van der Waals surface area contributed by atoms with E-state index in [2.05, 4.69) is 12.1 Å². The number of primary amides is 1. The molecule has 0 atom stereocenters. The van der Waals surface area contributed by atoms with E-state index in [0.29, 0.717) is 39.5 Å². The van der Waals surface area contributed by atoms with Crippen LogP contribution in [0.2, 0.25) is 0 Å². The minimum atomic E-state index is -0.564. The zero-order chi connectivity index (χ0) is 18.3. The summed E-state index contributed by atoms with van der Waals surface area (Å²) < 4.78 is 16.4. The highest BCUT2D eigenvalue weighted by Gasteiger charge is 2.18. The van der Waals surface area contributed by atoms with Crippen molar-refractivity contribution in [3.8, 4) is 6.07 Å². The first-order chi connectivity index (χ1) is 12.6. The molecule has 3 aromatic carbocycles. The second kappa shape index (κ2) is 6.01. The maximum absolute atomic E-state index is 14.6. The van der Waals surface area contributed by atoms with E-state index < -0.39 is 5.91 Å². The van der Waals surface area contributed by atoms with Crippen molar-refractivity contribution in [1.82, 2.24) is 4.57 Å². The SMILES string of the molecule is N#Cc1ccc(Cn2c3cccc(C(N)=O)c3c3[c]ccc(F)c32)cc1. The maximum Gasteiger partial charge on any atom is 0.249 e. The monoisotopic (exact) mass is 342 g/mol. The van der Waals surface area contributed by atoms with Gasteiger partial charge in [0.1, 0.15) is 5.82 Å². The van der Waals surface area contributed by atoms with Crippen molar-refractivity contribution in [2.24, 2.45) is 5.73 Å². The first kappa shape index (κ1) is 15.9. The van der Waals surface area contributed by atoms with Crippen molar-refractivity contribution in [3.63, 3.8) is 0 Å². The molecule has 0 spiro atoms. The Labute approximate surface area is 148 Å². The van der Waals surface area contributed by atoms with E-state index in [4.69, 9.17) is 11.0 Å². The van der Waals surface area contributed by atoms with Crippen LogP contribution in [0.1, 0.15) is 21.5 Å². The molecular formula is C21H13FN3O. The molecule has 1 aromatic heterocycles. The van der Waals surface area contributed by atoms with Gasteiger partial charge < -0.3 is 10.3 Å². The molecule has 4 nitrogen and oxygen atoms in total. The molecule has 0 fully saturated rings. The van der Waals surface area contributed by atoms with E-state index in [1.165, 1.54) is 12.1 Å². The highest BCUT2D eigenvalue weighted by atomic mass is 19.1. The number of rotatable bonds is 3. The van der Waals surface area contributed by atoms with E-state index >= 15 is 0 Å². The van der Waals surface area contributed by atoms with Crippen LogP contribution in [0, 0.1) is 23.2 Å². The summed E-state index contributed by atoms with van der Waals surface area (Å²) in [5.74, 6) is -0.954. The number of halogens is 1. The molecule has 5 heteroatoms. The van der Waals surface area contributed by atoms with Crippen molar-refractivity contribution in [2.75, 3.05) is 0 Å². The molecule has 1 heterocycles. The highest BCUT2D eigenvalue weighted by molar-refractivity contribution is 6.17. The van der Waals surface area contributed by atoms with Gasteiger partial charge in [-0.2, -0.15) is 5.26 Å². The second-order valence-electron chi connectivity index (χ2n) is 6.01. The van der Waals surface area contributed by atoms with Crippen LogP contribution in [0.3, 0.4) is 0 Å². The fraction of sp³-hybridized carbons (Fsp3) is 0.0476. The molecular weight excluding hydrogens is 329 g/mol. The molecule has 0 aliphatic carbocycles. The second-order valence-corrected chi connectivity index (χ2v) is 6.01. The molecule has 0 saturated carbocycles. The number of aromatic nitrogens is 1. The van der Waals surface area contributed by atoms with Gasteiger partial charge in [-0.15, -0.1) is 0 Å². The lowest BCUT2D eigenvalue weighted by molar-refractivity contribution is 0.100. The number of nitrogens with two attached hydrogens (primary N) is 1. The van der Waals surface area contributed by atoms with Gasteiger partial charge in [0, 0.05) is 22.9 Å². The van der Waals surface area contributed by atoms with E-state index in [1.807, 2.05) is 22.8 Å². The van der Waals surface area contributed by atoms with Gasteiger partial charge in [0.15, 0.2) is 0 Å². The summed E-state index contributed by atoms with van der Waals surface area (Å²) in [4.78, 5) is 11.9. The quantitative estimate of drug-likeness (QED) is 0.616. The fourth-order valence-electron chi connectivity index (χ4n) is 3.30. The molecule has 26 heavy (non-hydrogen) atoms. The lowest BCUT2D eigenvalue weighted by atomic mass is 10.1. The average Bonchev–Trinajstić information content (AvgIpc) is 2.97. The number of nitrogens with zero attached hydrogens (tertiary/aromatic N) is 2. The number of carbonyl (C=O) groups excluding carboxylic acids is 1. The van der Waals surface area contributed by atoms with Crippen molar-refractivity contribution in [1.29, 1.82) is 5.26 Å². The number of amides is 1. The summed E-state index contributed by atoms with van der Waals surface area (Å²) in [7, 11) is 0. The zero-order valence-electron chi connectivity index (χ0n) is 13.7. The number of nitriles is 1. The molecule has 1 radical (unpaired) electrons. The van der Waals surface area contributed by atoms with Crippen molar-refractivity contribution < 1.29 is 9.18 Å². The van der Waals surface area contributed by atoms with Crippen molar-refractivity contribution >= 4 is 27.7 Å². The van der Waals surface area contributed by atoms with Crippen molar-refractivity contribution in [2.45, 2.75) is 6.54 Å². The Bertz CT molecular complexity index is 1200. The molecule has 2 N–H and O–H groups in total. The van der Waals surface area contributed by atoms with Gasteiger partial charge in [-0.25, -0.2) is 4.39 Å². The van der Waals surface area contributed by atoms with Crippen LogP contribution in [0.4, 0.5) is 4.39 Å². The molecule has 0 bridgehead atoms. The van der Waals surface area contributed by atoms with Gasteiger partial charge in [0.05, 0.1) is 22.7 Å². The molecule has 0 unspecified atom stereocenters. The average molecular weight is 342 g/mol. The van der Waals surface area contributed by atoms with Gasteiger partial charge in [0.2, 0.25) is 5.91 Å². The normalized spacial score (nSPS) is 10.9. The minimum Gasteiger partial charge on any atom is -0.366 e. The van der Waals surface area contributed by atoms with E-state index in [0.717, 1.165) is 5.56 Å². The standard InChI is InChI=1S/C21H13FN3O/c22-17-5-1-3-15-19-16(21(24)26)4-2-6-18(19)25(20(15)17)12-14-9-7-13(11-23)8-10-14/h1-2,4-10H,12H2,(H2,24,26). The third kappa shape index (κ3) is 2.40. The third-order valence-corrected chi connectivity index (χ3v) is 4.46. The van der Waals surface area contributed by atoms with Gasteiger partial charge in [-0.05, 0) is 42.0 Å². The summed E-state index contributed by atoms with van der Waals surface area (Å²) in [6.07, 6.45) is 0. The van der Waals surface area contributed by atoms with Gasteiger partial charge in [-0.3, -0.25) is 4.79 Å². The first-order valence-electron chi connectivity index (χ1n) is 8.00. The maximum atomic E-state index is 14.6. The highest BCUT2D eigenvalue weighted by Crippen LogP contribution is 2.33. The predicted octanol–water partition coefficient (Wildman–Crippen LogP) is 3.75. The Kier molecular flexibility index (Phi) is 3.67. The summed E-state index contributed by atoms with van der Waals surface area (Å²) in [6, 6.07) is 20.3. The molecule has 125 valence electrons. The lowest BCUT2D eigenvalue weighted by Gasteiger charge is -2.09. The molecule has 1 amide bonds. The Morgan fingerprint density at radius 1 is 1.19 bits per heavy atom. The number of carbonyl (C=O) groups is 1. The number of benzene rings is 3. The van der Waals surface area contributed by atoms with Crippen molar-refractivity contribution in [3.05, 3.63) is 83.2 Å². The molecule has 0 aliphatic rings. The Morgan fingerprint density at radius 3 is 2.65 bits per heavy atom. The summed E-state index contributed by atoms with van der Waals surface area (Å²) in [5, 5.41) is 10.1. The Morgan fingerprint density at radius 2 is 1.96 bits per heavy atom. The fourth-order valence-corrected chi connectivity index (χ4v) is 3.30. The summed E-state index contributed by atoms with van der Waals surface area (Å²) in [5.41, 5.74) is 8.42. The minimum absolute atomic E-state index is 0.341. The van der Waals surface area contributed by atoms with Crippen LogP contribution in [0.25, 0.3) is 21.8 Å². The van der Waals surface area contributed by atoms with E-state index in [9.17, 15) is 9.18 Å². The summed E-state index contributed by atoms with van der Waals surface area (Å²) in [6.45, 7) is 0.392. The smallest absolute Gasteiger partial charge is 0.249 e. The van der Waals surface area contributed by atoms with Gasteiger partial charge in [0.25, 0.3) is 0 Å². The largest absolute Gasteiger partial charge is 0.366 e. The predicted molar refractivity (Wildman–Crippen MR) is 97.0 cm³/mol. The number of hydrogen-bond acceptors (Lipinski definition) is 2. The van der Waals surface area contributed by atoms with Crippen LogP contribution >= 0.6 is 0 Å².